The molecule has 0 atom stereocenters. The molecule has 0 saturated carbocycles. The molecule has 1 rings (SSSR count). The number of hydrogen-bond acceptors (Lipinski definition) is 2. The van der Waals surface area contributed by atoms with Gasteiger partial charge in [-0.15, -0.1) is 11.6 Å². The lowest BCUT2D eigenvalue weighted by Gasteiger charge is -2.02. The van der Waals surface area contributed by atoms with Crippen LogP contribution >= 0.6 is 11.6 Å². The van der Waals surface area contributed by atoms with Gasteiger partial charge >= 0.3 is 0 Å². The number of carbonyl (C=O) groups is 1. The van der Waals surface area contributed by atoms with Gasteiger partial charge in [-0.3, -0.25) is 4.79 Å². The van der Waals surface area contributed by atoms with Gasteiger partial charge in [-0.05, 0) is 24.3 Å². The van der Waals surface area contributed by atoms with Crippen molar-refractivity contribution in [1.82, 2.24) is 0 Å². The van der Waals surface area contributed by atoms with Crippen LogP contribution < -0.4 is 11.1 Å². The molecule has 0 radical (unpaired) electrons. The molecule has 0 fully saturated rings. The van der Waals surface area contributed by atoms with Crippen molar-refractivity contribution in [2.45, 2.75) is 6.92 Å². The monoisotopic (exact) mass is 225 g/mol. The van der Waals surface area contributed by atoms with E-state index in [2.05, 4.69) is 10.3 Å². The molecule has 0 aliphatic heterocycles. The second kappa shape index (κ2) is 5.36. The minimum Gasteiger partial charge on any atom is -0.386 e. The lowest BCUT2D eigenvalue weighted by atomic mass is 10.3. The van der Waals surface area contributed by atoms with E-state index in [9.17, 15) is 4.79 Å². The number of hydrogen-bond donors (Lipinski definition) is 2. The summed E-state index contributed by atoms with van der Waals surface area (Å²) in [6, 6.07) is 7.01. The summed E-state index contributed by atoms with van der Waals surface area (Å²) in [6.45, 7) is 1.46. The first kappa shape index (κ1) is 11.5. The normalized spacial score (nSPS) is 11.2. The Bertz CT molecular complexity index is 373. The van der Waals surface area contributed by atoms with Crippen LogP contribution in [0.4, 0.5) is 11.4 Å². The molecule has 0 spiro atoms. The van der Waals surface area contributed by atoms with Gasteiger partial charge in [0, 0.05) is 12.6 Å². The van der Waals surface area contributed by atoms with Gasteiger partial charge in [-0.25, -0.2) is 4.99 Å². The third-order valence-corrected chi connectivity index (χ3v) is 1.87. The zero-order chi connectivity index (χ0) is 11.3. The van der Waals surface area contributed by atoms with Crippen LogP contribution in [0.15, 0.2) is 29.3 Å². The number of nitrogens with one attached hydrogen (secondary N) is 1. The van der Waals surface area contributed by atoms with Gasteiger partial charge in [0.25, 0.3) is 0 Å². The molecule has 0 aliphatic rings. The van der Waals surface area contributed by atoms with E-state index in [1.807, 2.05) is 0 Å². The van der Waals surface area contributed by atoms with Crippen molar-refractivity contribution in [3.05, 3.63) is 24.3 Å². The molecule has 1 aromatic rings. The van der Waals surface area contributed by atoms with Crippen LogP contribution in [0, 0.1) is 0 Å². The summed E-state index contributed by atoms with van der Waals surface area (Å²) in [5, 5.41) is 2.65. The Labute approximate surface area is 93.1 Å². The third-order valence-electron chi connectivity index (χ3n) is 1.60. The molecule has 15 heavy (non-hydrogen) atoms. The number of nitrogens with zero attached hydrogens (tertiary/aromatic N) is 1. The molecule has 0 bridgehead atoms. The Balaban J connectivity index is 2.76. The van der Waals surface area contributed by atoms with Gasteiger partial charge in [-0.1, -0.05) is 0 Å². The summed E-state index contributed by atoms with van der Waals surface area (Å²) in [5.41, 5.74) is 6.91. The first-order valence-electron chi connectivity index (χ1n) is 4.38. The molecular weight excluding hydrogens is 214 g/mol. The van der Waals surface area contributed by atoms with E-state index in [1.165, 1.54) is 6.92 Å². The SMILES string of the molecule is CC(=O)Nc1ccc(N=C(N)CCl)cc1. The van der Waals surface area contributed by atoms with Gasteiger partial charge in [-0.2, -0.15) is 0 Å². The van der Waals surface area contributed by atoms with E-state index < -0.39 is 0 Å². The first-order valence-corrected chi connectivity index (χ1v) is 4.92. The predicted molar refractivity (Wildman–Crippen MR) is 62.7 cm³/mol. The van der Waals surface area contributed by atoms with Gasteiger partial charge in [0.1, 0.15) is 5.84 Å². The number of nitrogens with two attached hydrogens (primary N) is 1. The number of anilines is 1. The summed E-state index contributed by atoms with van der Waals surface area (Å²) in [6.07, 6.45) is 0. The average Bonchev–Trinajstić information content (AvgIpc) is 2.20. The fourth-order valence-corrected chi connectivity index (χ4v) is 1.08. The minimum atomic E-state index is -0.105. The Hall–Kier alpha value is -1.55. The molecule has 1 aromatic carbocycles. The second-order valence-corrected chi connectivity index (χ2v) is 3.23. The van der Waals surface area contributed by atoms with E-state index in [-0.39, 0.29) is 11.8 Å². The number of alkyl halides is 1. The number of benzene rings is 1. The van der Waals surface area contributed by atoms with Gasteiger partial charge in [0.2, 0.25) is 5.91 Å². The Morgan fingerprint density at radius 2 is 2.07 bits per heavy atom. The minimum absolute atomic E-state index is 0.105. The van der Waals surface area contributed by atoms with Gasteiger partial charge in [0.15, 0.2) is 0 Å². The Morgan fingerprint density at radius 1 is 1.47 bits per heavy atom. The molecule has 5 heteroatoms. The predicted octanol–water partition coefficient (Wildman–Crippen LogP) is 1.87. The number of rotatable bonds is 3. The molecular formula is C10H12ClN3O. The highest BCUT2D eigenvalue weighted by atomic mass is 35.5. The molecule has 0 saturated heterocycles. The van der Waals surface area contributed by atoms with Crippen molar-refractivity contribution in [3.8, 4) is 0 Å². The topological polar surface area (TPSA) is 67.5 Å². The van der Waals surface area contributed by atoms with Crippen molar-refractivity contribution in [2.24, 2.45) is 10.7 Å². The number of carbonyl (C=O) groups excluding carboxylic acids is 1. The average molecular weight is 226 g/mol. The van der Waals surface area contributed by atoms with E-state index in [4.69, 9.17) is 17.3 Å². The van der Waals surface area contributed by atoms with Crippen LogP contribution in [0.2, 0.25) is 0 Å². The summed E-state index contributed by atoms with van der Waals surface area (Å²) in [7, 11) is 0. The lowest BCUT2D eigenvalue weighted by molar-refractivity contribution is -0.114. The Kier molecular flexibility index (Phi) is 4.12. The van der Waals surface area contributed by atoms with Crippen LogP contribution in [0.3, 0.4) is 0 Å². The van der Waals surface area contributed by atoms with Crippen LogP contribution in [-0.4, -0.2) is 17.6 Å². The second-order valence-electron chi connectivity index (χ2n) is 2.96. The van der Waals surface area contributed by atoms with Crippen LogP contribution in [0.1, 0.15) is 6.92 Å². The smallest absolute Gasteiger partial charge is 0.221 e. The maximum absolute atomic E-state index is 10.7. The van der Waals surface area contributed by atoms with Crippen molar-refractivity contribution in [3.63, 3.8) is 0 Å². The summed E-state index contributed by atoms with van der Waals surface area (Å²) >= 11 is 5.49. The first-order chi connectivity index (χ1) is 7.11. The zero-order valence-electron chi connectivity index (χ0n) is 8.33. The number of halogens is 1. The van der Waals surface area contributed by atoms with E-state index in [0.29, 0.717) is 11.5 Å². The number of amides is 1. The van der Waals surface area contributed by atoms with Crippen molar-refractivity contribution in [1.29, 1.82) is 0 Å². The maximum Gasteiger partial charge on any atom is 0.221 e. The standard InChI is InChI=1S/C10H12ClN3O/c1-7(15)13-8-2-4-9(5-3-8)14-10(12)6-11/h2-5H,6H2,1H3,(H2,12,14)(H,13,15). The maximum atomic E-state index is 10.7. The highest BCUT2D eigenvalue weighted by Gasteiger charge is 1.96. The van der Waals surface area contributed by atoms with E-state index in [1.54, 1.807) is 24.3 Å². The largest absolute Gasteiger partial charge is 0.386 e. The lowest BCUT2D eigenvalue weighted by Crippen LogP contribution is -2.12. The molecule has 0 unspecified atom stereocenters. The molecule has 0 aromatic heterocycles. The van der Waals surface area contributed by atoms with Crippen LogP contribution in [0.25, 0.3) is 0 Å². The molecule has 4 nitrogen and oxygen atoms in total. The molecule has 3 N–H and O–H groups in total. The molecule has 1 amide bonds. The highest BCUT2D eigenvalue weighted by Crippen LogP contribution is 2.16. The van der Waals surface area contributed by atoms with Crippen molar-refractivity contribution < 1.29 is 4.79 Å². The van der Waals surface area contributed by atoms with Crippen LogP contribution in [-0.2, 0) is 4.79 Å². The van der Waals surface area contributed by atoms with Gasteiger partial charge < -0.3 is 11.1 Å². The van der Waals surface area contributed by atoms with Crippen molar-refractivity contribution in [2.75, 3.05) is 11.2 Å². The zero-order valence-corrected chi connectivity index (χ0v) is 9.08. The van der Waals surface area contributed by atoms with Crippen LogP contribution in [0.5, 0.6) is 0 Å². The highest BCUT2D eigenvalue weighted by molar-refractivity contribution is 6.28. The fourth-order valence-electron chi connectivity index (χ4n) is 1.02. The van der Waals surface area contributed by atoms with E-state index in [0.717, 1.165) is 5.69 Å². The number of amidine groups is 1. The van der Waals surface area contributed by atoms with Gasteiger partial charge in [0.05, 0.1) is 11.6 Å². The Morgan fingerprint density at radius 3 is 2.53 bits per heavy atom. The third kappa shape index (κ3) is 3.99. The number of aliphatic imine (C=N–C) groups is 1. The fraction of sp³-hybridized carbons (Fsp3) is 0.200. The summed E-state index contributed by atoms with van der Waals surface area (Å²) in [5.74, 6) is 0.462. The molecule has 80 valence electrons. The van der Waals surface area contributed by atoms with Crippen molar-refractivity contribution >= 4 is 34.7 Å². The summed E-state index contributed by atoms with van der Waals surface area (Å²) < 4.78 is 0. The molecule has 0 heterocycles. The quantitative estimate of drug-likeness (QED) is 0.469. The van der Waals surface area contributed by atoms with E-state index >= 15 is 0 Å². The molecule has 0 aliphatic carbocycles. The summed E-state index contributed by atoms with van der Waals surface area (Å²) in [4.78, 5) is 14.8.